The van der Waals surface area contributed by atoms with Crippen LogP contribution in [0.1, 0.15) is 13.8 Å². The van der Waals surface area contributed by atoms with Crippen LogP contribution in [0.2, 0.25) is 0 Å². The van der Waals surface area contributed by atoms with Gasteiger partial charge in [0.15, 0.2) is 0 Å². The molecule has 0 aromatic carbocycles. The summed E-state index contributed by atoms with van der Waals surface area (Å²) in [6.07, 6.45) is 5.50. The van der Waals surface area contributed by atoms with Gasteiger partial charge in [-0.2, -0.15) is 5.11 Å². The van der Waals surface area contributed by atoms with E-state index in [9.17, 15) is 0 Å². The molecule has 0 aliphatic carbocycles. The molecule has 0 aliphatic heterocycles. The summed E-state index contributed by atoms with van der Waals surface area (Å²) >= 11 is 0. The van der Waals surface area contributed by atoms with Gasteiger partial charge in [0, 0.05) is 25.6 Å². The van der Waals surface area contributed by atoms with Crippen LogP contribution in [0.4, 0.5) is 5.95 Å². The van der Waals surface area contributed by atoms with Crippen LogP contribution in [0, 0.1) is 0 Å². The maximum absolute atomic E-state index is 4.02. The lowest BCUT2D eigenvalue weighted by molar-refractivity contribution is 1.02. The summed E-state index contributed by atoms with van der Waals surface area (Å²) in [5, 5.41) is 7.51. The second-order valence-electron chi connectivity index (χ2n) is 2.64. The first kappa shape index (κ1) is 8.64. The van der Waals surface area contributed by atoms with Gasteiger partial charge in [0.2, 0.25) is 0 Å². The van der Waals surface area contributed by atoms with Crippen molar-refractivity contribution in [3.8, 4) is 0 Å². The summed E-state index contributed by atoms with van der Waals surface area (Å²) in [6.45, 7) is 4.04. The van der Waals surface area contributed by atoms with E-state index >= 15 is 0 Å². The number of imidazole rings is 1. The van der Waals surface area contributed by atoms with E-state index in [1.807, 2.05) is 30.8 Å². The molecule has 0 amide bonds. The molecule has 0 spiro atoms. The van der Waals surface area contributed by atoms with E-state index in [2.05, 4.69) is 15.2 Å². The topological polar surface area (TPSA) is 42.5 Å². The molecule has 0 radical (unpaired) electrons. The summed E-state index contributed by atoms with van der Waals surface area (Å²) in [6, 6.07) is 0. The third-order valence-electron chi connectivity index (χ3n) is 1.23. The second-order valence-corrected chi connectivity index (χ2v) is 2.64. The molecule has 0 aliphatic rings. The quantitative estimate of drug-likeness (QED) is 0.619. The Morgan fingerprint density at radius 2 is 2.33 bits per heavy atom. The van der Waals surface area contributed by atoms with E-state index in [1.165, 1.54) is 5.57 Å². The Morgan fingerprint density at radius 3 is 2.92 bits per heavy atom. The third kappa shape index (κ3) is 2.02. The van der Waals surface area contributed by atoms with E-state index < -0.39 is 0 Å². The number of azo groups is 1. The highest BCUT2D eigenvalue weighted by Crippen LogP contribution is 2.10. The van der Waals surface area contributed by atoms with Gasteiger partial charge in [-0.25, -0.2) is 4.98 Å². The molecule has 0 bridgehead atoms. The van der Waals surface area contributed by atoms with E-state index in [4.69, 9.17) is 0 Å². The number of hydrogen-bond donors (Lipinski definition) is 0. The number of allylic oxidation sites excluding steroid dienone is 1. The van der Waals surface area contributed by atoms with Gasteiger partial charge >= 0.3 is 0 Å². The van der Waals surface area contributed by atoms with Crippen LogP contribution in [0.3, 0.4) is 0 Å². The standard InChI is InChI=1S/C8H12N4/c1-7(2)6-12-5-4-10-8(12)11-9-3/h4-6H,1-3H3. The minimum Gasteiger partial charge on any atom is -0.290 e. The van der Waals surface area contributed by atoms with E-state index in [0.717, 1.165) is 0 Å². The van der Waals surface area contributed by atoms with Gasteiger partial charge in [0.1, 0.15) is 0 Å². The van der Waals surface area contributed by atoms with Crippen molar-refractivity contribution in [2.75, 3.05) is 7.05 Å². The van der Waals surface area contributed by atoms with Crippen molar-refractivity contribution in [1.82, 2.24) is 9.55 Å². The summed E-state index contributed by atoms with van der Waals surface area (Å²) in [4.78, 5) is 4.02. The molecule has 1 heterocycles. The van der Waals surface area contributed by atoms with E-state index in [-0.39, 0.29) is 0 Å². The van der Waals surface area contributed by atoms with Gasteiger partial charge in [-0.05, 0) is 13.8 Å². The fraction of sp³-hybridized carbons (Fsp3) is 0.375. The first-order valence-electron chi connectivity index (χ1n) is 3.71. The third-order valence-corrected chi connectivity index (χ3v) is 1.23. The Kier molecular flexibility index (Phi) is 2.74. The second kappa shape index (κ2) is 3.80. The number of aromatic nitrogens is 2. The van der Waals surface area contributed by atoms with Crippen molar-refractivity contribution in [3.05, 3.63) is 18.0 Å². The first-order valence-corrected chi connectivity index (χ1v) is 3.71. The molecular weight excluding hydrogens is 152 g/mol. The highest BCUT2D eigenvalue weighted by atomic mass is 15.2. The highest BCUT2D eigenvalue weighted by molar-refractivity contribution is 5.36. The molecule has 0 atom stereocenters. The lowest BCUT2D eigenvalue weighted by Gasteiger charge is -1.95. The molecule has 0 unspecified atom stereocenters. The zero-order chi connectivity index (χ0) is 8.97. The fourth-order valence-corrected chi connectivity index (χ4v) is 0.851. The van der Waals surface area contributed by atoms with Crippen LogP contribution in [-0.4, -0.2) is 16.6 Å². The Balaban J connectivity index is 2.99. The summed E-state index contributed by atoms with van der Waals surface area (Å²) in [5.41, 5.74) is 1.19. The molecule has 64 valence electrons. The molecule has 0 fully saturated rings. The van der Waals surface area contributed by atoms with Crippen molar-refractivity contribution in [2.45, 2.75) is 13.8 Å². The predicted molar refractivity (Wildman–Crippen MR) is 48.3 cm³/mol. The van der Waals surface area contributed by atoms with Crippen molar-refractivity contribution in [1.29, 1.82) is 0 Å². The van der Waals surface area contributed by atoms with Crippen LogP contribution in [0.25, 0.3) is 6.20 Å². The number of nitrogens with zero attached hydrogens (tertiary/aromatic N) is 4. The minimum absolute atomic E-state index is 0.610. The normalized spacial score (nSPS) is 10.6. The lowest BCUT2D eigenvalue weighted by atomic mass is 10.4. The van der Waals surface area contributed by atoms with Crippen molar-refractivity contribution in [3.63, 3.8) is 0 Å². The maximum atomic E-state index is 4.02. The number of rotatable bonds is 2. The van der Waals surface area contributed by atoms with Gasteiger partial charge in [0.25, 0.3) is 5.95 Å². The van der Waals surface area contributed by atoms with Crippen LogP contribution < -0.4 is 0 Å². The molecule has 4 nitrogen and oxygen atoms in total. The van der Waals surface area contributed by atoms with Crippen LogP contribution in [0.5, 0.6) is 0 Å². The fourth-order valence-electron chi connectivity index (χ4n) is 0.851. The molecule has 0 saturated heterocycles. The Hall–Kier alpha value is -1.45. The number of hydrogen-bond acceptors (Lipinski definition) is 3. The van der Waals surface area contributed by atoms with Crippen LogP contribution in [-0.2, 0) is 0 Å². The smallest absolute Gasteiger partial charge is 0.253 e. The van der Waals surface area contributed by atoms with Crippen molar-refractivity contribution in [2.24, 2.45) is 10.2 Å². The Labute approximate surface area is 71.7 Å². The largest absolute Gasteiger partial charge is 0.290 e. The van der Waals surface area contributed by atoms with Gasteiger partial charge < -0.3 is 0 Å². The molecule has 0 N–H and O–H groups in total. The maximum Gasteiger partial charge on any atom is 0.253 e. The first-order chi connectivity index (χ1) is 5.74. The molecule has 12 heavy (non-hydrogen) atoms. The minimum atomic E-state index is 0.610. The van der Waals surface area contributed by atoms with Gasteiger partial charge in [-0.3, -0.25) is 4.57 Å². The van der Waals surface area contributed by atoms with E-state index in [0.29, 0.717) is 5.95 Å². The summed E-state index contributed by atoms with van der Waals surface area (Å²) in [5.74, 6) is 0.610. The lowest BCUT2D eigenvalue weighted by Crippen LogP contribution is -1.83. The molecule has 1 aromatic rings. The van der Waals surface area contributed by atoms with Crippen molar-refractivity contribution >= 4 is 12.1 Å². The Morgan fingerprint density at radius 1 is 1.58 bits per heavy atom. The monoisotopic (exact) mass is 164 g/mol. The molecule has 4 heteroatoms. The van der Waals surface area contributed by atoms with Gasteiger partial charge in [0.05, 0.1) is 0 Å². The molecule has 1 rings (SSSR count). The van der Waals surface area contributed by atoms with Crippen LogP contribution in [0.15, 0.2) is 28.2 Å². The highest BCUT2D eigenvalue weighted by Gasteiger charge is 1.95. The SMILES string of the molecule is CN=Nc1nccn1C=C(C)C. The average molecular weight is 164 g/mol. The Bertz CT molecular complexity index is 305. The molecule has 1 aromatic heterocycles. The zero-order valence-corrected chi connectivity index (χ0v) is 7.52. The van der Waals surface area contributed by atoms with Gasteiger partial charge in [-0.15, -0.1) is 5.11 Å². The van der Waals surface area contributed by atoms with Crippen LogP contribution >= 0.6 is 0 Å². The van der Waals surface area contributed by atoms with Crippen molar-refractivity contribution < 1.29 is 0 Å². The zero-order valence-electron chi connectivity index (χ0n) is 7.52. The van der Waals surface area contributed by atoms with Gasteiger partial charge in [-0.1, -0.05) is 5.57 Å². The van der Waals surface area contributed by atoms with E-state index in [1.54, 1.807) is 13.2 Å². The molecule has 0 saturated carbocycles. The average Bonchev–Trinajstić information content (AvgIpc) is 2.37. The summed E-state index contributed by atoms with van der Waals surface area (Å²) in [7, 11) is 1.63. The summed E-state index contributed by atoms with van der Waals surface area (Å²) < 4.78 is 1.84. The predicted octanol–water partition coefficient (Wildman–Crippen LogP) is 2.48. The molecular formula is C8H12N4.